The third kappa shape index (κ3) is 4.62. The van der Waals surface area contributed by atoms with E-state index in [1.807, 2.05) is 12.1 Å². The van der Waals surface area contributed by atoms with Crippen molar-refractivity contribution in [2.75, 3.05) is 13.7 Å². The van der Waals surface area contributed by atoms with E-state index in [9.17, 15) is 4.79 Å². The summed E-state index contributed by atoms with van der Waals surface area (Å²) in [6.07, 6.45) is 0. The van der Waals surface area contributed by atoms with Crippen molar-refractivity contribution in [1.82, 2.24) is 4.90 Å². The lowest BCUT2D eigenvalue weighted by Crippen LogP contribution is -2.31. The molecule has 0 saturated heterocycles. The molecule has 0 aliphatic heterocycles. The van der Waals surface area contributed by atoms with Gasteiger partial charge in [0.15, 0.2) is 6.61 Å². The second kappa shape index (κ2) is 7.87. The first kappa shape index (κ1) is 17.1. The maximum Gasteiger partial charge on any atom is 0.260 e. The molecule has 0 spiro atoms. The molecule has 0 unspecified atom stereocenters. The number of carbonyl (C=O) groups excluding carboxylic acids is 1. The summed E-state index contributed by atoms with van der Waals surface area (Å²) >= 11 is 12.1. The van der Waals surface area contributed by atoms with Crippen molar-refractivity contribution in [2.24, 2.45) is 0 Å². The van der Waals surface area contributed by atoms with Crippen molar-refractivity contribution in [3.63, 3.8) is 0 Å². The number of carbonyl (C=O) groups is 1. The minimum absolute atomic E-state index is 0.0966. The average Bonchev–Trinajstić information content (AvgIpc) is 2.57. The molecule has 0 aliphatic carbocycles. The summed E-state index contributed by atoms with van der Waals surface area (Å²) in [5.41, 5.74) is 1.31. The summed E-state index contributed by atoms with van der Waals surface area (Å²) < 4.78 is 5.42. The van der Waals surface area contributed by atoms with Crippen LogP contribution in [0.5, 0.6) is 5.75 Å². The Labute approximate surface area is 144 Å². The average molecular weight is 349 g/mol. The van der Waals surface area contributed by atoms with E-state index in [1.165, 1.54) is 4.90 Å². The van der Waals surface area contributed by atoms with Crippen LogP contribution in [0.2, 0.25) is 10.0 Å². The highest BCUT2D eigenvalue weighted by Crippen LogP contribution is 2.26. The second-order valence-corrected chi connectivity index (χ2v) is 5.67. The molecule has 2 aromatic carbocycles. The zero-order valence-corrected chi connectivity index (χ0v) is 13.9. The van der Waals surface area contributed by atoms with Gasteiger partial charge in [-0.1, -0.05) is 35.3 Å². The van der Waals surface area contributed by atoms with Gasteiger partial charge in [0.2, 0.25) is 0 Å². The molecule has 0 fully saturated rings. The Morgan fingerprint density at radius 3 is 2.57 bits per heavy atom. The number of halogens is 2. The molecule has 118 valence electrons. The molecule has 6 heteroatoms. The zero-order valence-electron chi connectivity index (χ0n) is 12.4. The maximum atomic E-state index is 12.1. The molecular formula is C17H14Cl2N2O2. The highest BCUT2D eigenvalue weighted by atomic mass is 35.5. The van der Waals surface area contributed by atoms with Gasteiger partial charge in [-0.2, -0.15) is 5.26 Å². The van der Waals surface area contributed by atoms with Gasteiger partial charge >= 0.3 is 0 Å². The summed E-state index contributed by atoms with van der Waals surface area (Å²) in [5.74, 6) is 0.344. The highest BCUT2D eigenvalue weighted by Gasteiger charge is 2.13. The van der Waals surface area contributed by atoms with Crippen LogP contribution in [0.15, 0.2) is 42.5 Å². The molecule has 0 N–H and O–H groups in total. The lowest BCUT2D eigenvalue weighted by Gasteiger charge is -2.18. The molecule has 2 rings (SSSR count). The summed E-state index contributed by atoms with van der Waals surface area (Å²) in [6.45, 7) is 0.246. The van der Waals surface area contributed by atoms with E-state index in [0.29, 0.717) is 27.9 Å². The van der Waals surface area contributed by atoms with Gasteiger partial charge in [-0.3, -0.25) is 4.79 Å². The van der Waals surface area contributed by atoms with Crippen LogP contribution >= 0.6 is 23.2 Å². The number of hydrogen-bond donors (Lipinski definition) is 0. The number of amides is 1. The van der Waals surface area contributed by atoms with Crippen LogP contribution in [0.4, 0.5) is 0 Å². The Morgan fingerprint density at radius 1 is 1.22 bits per heavy atom. The van der Waals surface area contributed by atoms with Crippen LogP contribution < -0.4 is 4.74 Å². The van der Waals surface area contributed by atoms with Gasteiger partial charge in [-0.25, -0.2) is 0 Å². The molecule has 0 bridgehead atoms. The van der Waals surface area contributed by atoms with Crippen molar-refractivity contribution in [1.29, 1.82) is 5.26 Å². The smallest absolute Gasteiger partial charge is 0.260 e. The second-order valence-electron chi connectivity index (χ2n) is 4.89. The fourth-order valence-electron chi connectivity index (χ4n) is 1.90. The third-order valence-corrected chi connectivity index (χ3v) is 4.07. The molecular weight excluding hydrogens is 335 g/mol. The van der Waals surface area contributed by atoms with Crippen molar-refractivity contribution in [2.45, 2.75) is 6.54 Å². The van der Waals surface area contributed by atoms with Crippen LogP contribution in [-0.4, -0.2) is 24.5 Å². The van der Waals surface area contributed by atoms with Gasteiger partial charge in [0.05, 0.1) is 21.7 Å². The predicted octanol–water partition coefficient (Wildman–Crippen LogP) is 3.90. The molecule has 4 nitrogen and oxygen atoms in total. The standard InChI is InChI=1S/C17H14Cl2N2O2/c1-21(10-13-3-2-4-15(18)17(13)19)16(22)11-23-14-7-5-12(9-20)6-8-14/h2-8H,10-11H2,1H3. The van der Waals surface area contributed by atoms with Crippen LogP contribution in [0.25, 0.3) is 0 Å². The highest BCUT2D eigenvalue weighted by molar-refractivity contribution is 6.42. The van der Waals surface area contributed by atoms with E-state index >= 15 is 0 Å². The summed E-state index contributed by atoms with van der Waals surface area (Å²) in [5, 5.41) is 9.63. The summed E-state index contributed by atoms with van der Waals surface area (Å²) in [7, 11) is 1.67. The first-order valence-electron chi connectivity index (χ1n) is 6.81. The number of hydrogen-bond acceptors (Lipinski definition) is 3. The SMILES string of the molecule is CN(Cc1cccc(Cl)c1Cl)C(=O)COc1ccc(C#N)cc1. The maximum absolute atomic E-state index is 12.1. The predicted molar refractivity (Wildman–Crippen MR) is 89.6 cm³/mol. The van der Waals surface area contributed by atoms with E-state index in [4.69, 9.17) is 33.2 Å². The Hall–Kier alpha value is -2.22. The molecule has 23 heavy (non-hydrogen) atoms. The molecule has 0 atom stereocenters. The van der Waals surface area contributed by atoms with E-state index < -0.39 is 0 Å². The first-order chi connectivity index (χ1) is 11.0. The van der Waals surface area contributed by atoms with Gasteiger partial charge in [0.25, 0.3) is 5.91 Å². The van der Waals surface area contributed by atoms with Gasteiger partial charge in [0, 0.05) is 13.6 Å². The monoisotopic (exact) mass is 348 g/mol. The number of nitriles is 1. The third-order valence-electron chi connectivity index (χ3n) is 3.21. The molecule has 2 aromatic rings. The quantitative estimate of drug-likeness (QED) is 0.823. The lowest BCUT2D eigenvalue weighted by molar-refractivity contribution is -0.132. The summed E-state index contributed by atoms with van der Waals surface area (Å²) in [6, 6.07) is 13.9. The van der Waals surface area contributed by atoms with Gasteiger partial charge in [0.1, 0.15) is 5.75 Å². The van der Waals surface area contributed by atoms with E-state index in [1.54, 1.807) is 43.4 Å². The van der Waals surface area contributed by atoms with Crippen LogP contribution in [0.1, 0.15) is 11.1 Å². The molecule has 0 aromatic heterocycles. The number of likely N-dealkylation sites (N-methyl/N-ethyl adjacent to an activating group) is 1. The molecule has 0 radical (unpaired) electrons. The minimum atomic E-state index is -0.189. The van der Waals surface area contributed by atoms with Crippen molar-refractivity contribution >= 4 is 29.1 Å². The Kier molecular flexibility index (Phi) is 5.86. The van der Waals surface area contributed by atoms with E-state index in [0.717, 1.165) is 5.56 Å². The Bertz CT molecular complexity index is 739. The lowest BCUT2D eigenvalue weighted by atomic mass is 10.2. The van der Waals surface area contributed by atoms with Crippen molar-refractivity contribution in [3.8, 4) is 11.8 Å². The number of rotatable bonds is 5. The topological polar surface area (TPSA) is 53.3 Å². The minimum Gasteiger partial charge on any atom is -0.484 e. The van der Waals surface area contributed by atoms with Crippen molar-refractivity contribution < 1.29 is 9.53 Å². The molecule has 0 saturated carbocycles. The first-order valence-corrected chi connectivity index (χ1v) is 7.56. The van der Waals surface area contributed by atoms with Crippen LogP contribution in [0, 0.1) is 11.3 Å². The van der Waals surface area contributed by atoms with Crippen LogP contribution in [0.3, 0.4) is 0 Å². The summed E-state index contributed by atoms with van der Waals surface area (Å²) in [4.78, 5) is 13.6. The van der Waals surface area contributed by atoms with Gasteiger partial charge in [-0.05, 0) is 35.9 Å². The van der Waals surface area contributed by atoms with Gasteiger partial charge < -0.3 is 9.64 Å². The number of ether oxygens (including phenoxy) is 1. The fraction of sp³-hybridized carbons (Fsp3) is 0.176. The molecule has 0 heterocycles. The number of benzene rings is 2. The molecule has 1 amide bonds. The fourth-order valence-corrected chi connectivity index (χ4v) is 2.28. The van der Waals surface area contributed by atoms with Crippen molar-refractivity contribution in [3.05, 3.63) is 63.6 Å². The van der Waals surface area contributed by atoms with Crippen LogP contribution in [-0.2, 0) is 11.3 Å². The van der Waals surface area contributed by atoms with E-state index in [-0.39, 0.29) is 12.5 Å². The Morgan fingerprint density at radius 2 is 1.91 bits per heavy atom. The zero-order chi connectivity index (χ0) is 16.8. The number of nitrogens with zero attached hydrogens (tertiary/aromatic N) is 2. The normalized spacial score (nSPS) is 10.0. The molecule has 0 aliphatic rings. The Balaban J connectivity index is 1.92. The largest absolute Gasteiger partial charge is 0.484 e. The van der Waals surface area contributed by atoms with Gasteiger partial charge in [-0.15, -0.1) is 0 Å². The van der Waals surface area contributed by atoms with E-state index in [2.05, 4.69) is 0 Å².